The largest absolute Gasteiger partial charge is 0.496 e. The molecule has 0 spiro atoms. The molecule has 2 aliphatic heterocycles. The van der Waals surface area contributed by atoms with Gasteiger partial charge in [-0.15, -0.1) is 0 Å². The Morgan fingerprint density at radius 1 is 1.00 bits per heavy atom. The molecule has 5 rings (SSSR count). The standard InChI is InChI=1S/C28H33N5O3S/c1-36-24-9-5-4-8-23(24)22-7-3-2-6-18(22)17-30-19-10-12-20(13-11-19)31-27-29-15-14-21(32-27)16-25-26(34)33-28(35)37-25/h2-9,14,16,19-20,27,29-32H,10-13,15,17H2,1H3,(H,33,34,35)/b25-16-. The lowest BCUT2D eigenvalue weighted by Crippen LogP contribution is -2.58. The number of carbonyl (C=O) groups is 2. The molecule has 194 valence electrons. The Hall–Kier alpha value is -3.11. The van der Waals surface area contributed by atoms with Gasteiger partial charge >= 0.3 is 0 Å². The number of hydrogen-bond donors (Lipinski definition) is 5. The van der Waals surface area contributed by atoms with E-state index in [-0.39, 0.29) is 17.4 Å². The van der Waals surface area contributed by atoms with Gasteiger partial charge in [0, 0.05) is 36.4 Å². The summed E-state index contributed by atoms with van der Waals surface area (Å²) in [4.78, 5) is 23.7. The first kappa shape index (κ1) is 25.5. The number of methoxy groups -OCH3 is 1. The molecule has 2 fully saturated rings. The molecule has 3 aliphatic rings. The quantitative estimate of drug-likeness (QED) is 0.337. The maximum Gasteiger partial charge on any atom is 0.290 e. The van der Waals surface area contributed by atoms with E-state index in [1.165, 1.54) is 11.1 Å². The Kier molecular flexibility index (Phi) is 8.25. The number of hydrogen-bond acceptors (Lipinski definition) is 8. The number of allylic oxidation sites excluding steroid dienone is 1. The molecule has 9 heteroatoms. The molecule has 2 amide bonds. The predicted octanol–water partition coefficient (Wildman–Crippen LogP) is 3.58. The van der Waals surface area contributed by atoms with E-state index in [2.05, 4.69) is 56.9 Å². The monoisotopic (exact) mass is 519 g/mol. The van der Waals surface area contributed by atoms with Gasteiger partial charge in [-0.05, 0) is 66.8 Å². The second-order valence-electron chi connectivity index (χ2n) is 9.45. The maximum atomic E-state index is 11.8. The number of carbonyl (C=O) groups excluding carboxylic acids is 2. The fourth-order valence-corrected chi connectivity index (χ4v) is 5.76. The number of thioether (sulfide) groups is 1. The molecule has 0 radical (unpaired) electrons. The molecule has 1 saturated carbocycles. The van der Waals surface area contributed by atoms with Crippen LogP contribution in [0.2, 0.25) is 0 Å². The van der Waals surface area contributed by atoms with Crippen molar-refractivity contribution in [3.05, 3.63) is 76.8 Å². The summed E-state index contributed by atoms with van der Waals surface area (Å²) in [5, 5.41) is 16.2. The molecule has 8 nitrogen and oxygen atoms in total. The van der Waals surface area contributed by atoms with Crippen LogP contribution in [-0.2, 0) is 11.3 Å². The van der Waals surface area contributed by atoms with Crippen LogP contribution in [0.3, 0.4) is 0 Å². The van der Waals surface area contributed by atoms with Crippen LogP contribution >= 0.6 is 11.8 Å². The van der Waals surface area contributed by atoms with Gasteiger partial charge in [0.2, 0.25) is 0 Å². The minimum atomic E-state index is -0.336. The number of amides is 2. The van der Waals surface area contributed by atoms with E-state index in [1.54, 1.807) is 13.2 Å². The van der Waals surface area contributed by atoms with Crippen LogP contribution < -0.4 is 31.3 Å². The fourth-order valence-electron chi connectivity index (χ4n) is 5.09. The van der Waals surface area contributed by atoms with Gasteiger partial charge in [0.1, 0.15) is 12.0 Å². The van der Waals surface area contributed by atoms with E-state index in [9.17, 15) is 9.59 Å². The van der Waals surface area contributed by atoms with Gasteiger partial charge in [-0.3, -0.25) is 25.5 Å². The summed E-state index contributed by atoms with van der Waals surface area (Å²) in [7, 11) is 1.72. The lowest BCUT2D eigenvalue weighted by Gasteiger charge is -2.35. The zero-order valence-corrected chi connectivity index (χ0v) is 21.7. The SMILES string of the molecule is COc1ccccc1-c1ccccc1CNC1CCC(NC2NCC=C(/C=C3\SC(=O)NC3=O)N2)CC1. The van der Waals surface area contributed by atoms with E-state index in [0.717, 1.165) is 61.0 Å². The van der Waals surface area contributed by atoms with Gasteiger partial charge in [-0.2, -0.15) is 0 Å². The summed E-state index contributed by atoms with van der Waals surface area (Å²) in [5.41, 5.74) is 4.43. The van der Waals surface area contributed by atoms with Gasteiger partial charge in [-0.25, -0.2) is 0 Å². The molecule has 1 unspecified atom stereocenters. The lowest BCUT2D eigenvalue weighted by molar-refractivity contribution is -0.115. The highest BCUT2D eigenvalue weighted by molar-refractivity contribution is 8.18. The van der Waals surface area contributed by atoms with Gasteiger partial charge in [0.05, 0.1) is 12.0 Å². The summed E-state index contributed by atoms with van der Waals surface area (Å²) in [6.07, 6.45) is 8.01. The molecule has 2 aromatic carbocycles. The van der Waals surface area contributed by atoms with Crippen molar-refractivity contribution >= 4 is 22.9 Å². The van der Waals surface area contributed by atoms with E-state index in [4.69, 9.17) is 4.74 Å². The Balaban J connectivity index is 1.11. The molecular weight excluding hydrogens is 486 g/mol. The number of imide groups is 1. The third-order valence-corrected chi connectivity index (χ3v) is 7.82. The first-order valence-corrected chi connectivity index (χ1v) is 13.6. The van der Waals surface area contributed by atoms with Crippen LogP contribution in [0.5, 0.6) is 5.75 Å². The number of nitrogens with one attached hydrogen (secondary N) is 5. The minimum absolute atomic E-state index is 0.0794. The second-order valence-corrected chi connectivity index (χ2v) is 10.5. The molecule has 37 heavy (non-hydrogen) atoms. The zero-order valence-electron chi connectivity index (χ0n) is 20.9. The van der Waals surface area contributed by atoms with Gasteiger partial charge in [0.15, 0.2) is 0 Å². The highest BCUT2D eigenvalue weighted by Crippen LogP contribution is 2.32. The summed E-state index contributed by atoms with van der Waals surface area (Å²) in [6.45, 7) is 1.51. The van der Waals surface area contributed by atoms with Crippen molar-refractivity contribution in [1.29, 1.82) is 0 Å². The van der Waals surface area contributed by atoms with Crippen molar-refractivity contribution in [3.63, 3.8) is 0 Å². The van der Waals surface area contributed by atoms with Gasteiger partial charge < -0.3 is 15.4 Å². The molecule has 1 saturated heterocycles. The van der Waals surface area contributed by atoms with Crippen LogP contribution in [0.15, 0.2) is 71.3 Å². The third kappa shape index (κ3) is 6.42. The van der Waals surface area contributed by atoms with E-state index in [0.29, 0.717) is 23.5 Å². The van der Waals surface area contributed by atoms with Crippen molar-refractivity contribution in [2.24, 2.45) is 0 Å². The molecule has 2 aromatic rings. The van der Waals surface area contributed by atoms with Crippen LogP contribution in [-0.4, -0.2) is 43.2 Å². The highest BCUT2D eigenvalue weighted by Gasteiger charge is 2.27. The van der Waals surface area contributed by atoms with Gasteiger partial charge in [0.25, 0.3) is 11.1 Å². The Morgan fingerprint density at radius 2 is 1.73 bits per heavy atom. The van der Waals surface area contributed by atoms with Crippen molar-refractivity contribution < 1.29 is 14.3 Å². The van der Waals surface area contributed by atoms with Crippen molar-refractivity contribution in [1.82, 2.24) is 26.6 Å². The molecular formula is C28H33N5O3S. The smallest absolute Gasteiger partial charge is 0.290 e. The van der Waals surface area contributed by atoms with Crippen LogP contribution in [0.4, 0.5) is 4.79 Å². The summed E-state index contributed by atoms with van der Waals surface area (Å²) >= 11 is 0.935. The minimum Gasteiger partial charge on any atom is -0.496 e. The first-order valence-electron chi connectivity index (χ1n) is 12.7. The zero-order chi connectivity index (χ0) is 25.6. The molecule has 0 bridgehead atoms. The summed E-state index contributed by atoms with van der Waals surface area (Å²) < 4.78 is 5.60. The molecule has 1 aliphatic carbocycles. The molecule has 1 atom stereocenters. The first-order chi connectivity index (χ1) is 18.1. The highest BCUT2D eigenvalue weighted by atomic mass is 32.2. The Morgan fingerprint density at radius 3 is 2.49 bits per heavy atom. The van der Waals surface area contributed by atoms with Gasteiger partial charge in [-0.1, -0.05) is 42.5 Å². The molecule has 5 N–H and O–H groups in total. The van der Waals surface area contributed by atoms with Crippen molar-refractivity contribution in [3.8, 4) is 16.9 Å². The summed E-state index contributed by atoms with van der Waals surface area (Å²) in [6, 6.07) is 17.6. The average Bonchev–Trinajstić information content (AvgIpc) is 3.24. The predicted molar refractivity (Wildman–Crippen MR) is 147 cm³/mol. The number of ether oxygens (including phenoxy) is 1. The summed E-state index contributed by atoms with van der Waals surface area (Å²) in [5.74, 6) is 0.552. The second kappa shape index (κ2) is 12.0. The average molecular weight is 520 g/mol. The van der Waals surface area contributed by atoms with E-state index in [1.807, 2.05) is 24.3 Å². The van der Waals surface area contributed by atoms with E-state index >= 15 is 0 Å². The molecule has 2 heterocycles. The fraction of sp³-hybridized carbons (Fsp3) is 0.357. The van der Waals surface area contributed by atoms with Crippen molar-refractivity contribution in [2.75, 3.05) is 13.7 Å². The normalized spacial score (nSPS) is 24.9. The third-order valence-electron chi connectivity index (χ3n) is 7.01. The topological polar surface area (TPSA) is 104 Å². The lowest BCUT2D eigenvalue weighted by atomic mass is 9.90. The Labute approximate surface area is 221 Å². The number of para-hydroxylation sites is 1. The molecule has 0 aromatic heterocycles. The Bertz CT molecular complexity index is 1210. The van der Waals surface area contributed by atoms with Crippen LogP contribution in [0, 0.1) is 0 Å². The van der Waals surface area contributed by atoms with Crippen LogP contribution in [0.25, 0.3) is 11.1 Å². The number of rotatable bonds is 8. The number of benzene rings is 2. The maximum absolute atomic E-state index is 11.8. The van der Waals surface area contributed by atoms with Crippen LogP contribution in [0.1, 0.15) is 31.2 Å². The van der Waals surface area contributed by atoms with Crippen molar-refractivity contribution in [2.45, 2.75) is 50.6 Å². The van der Waals surface area contributed by atoms with E-state index < -0.39 is 0 Å².